The van der Waals surface area contributed by atoms with Crippen LogP contribution in [0.3, 0.4) is 0 Å². The Kier molecular flexibility index (Phi) is 3.07. The van der Waals surface area contributed by atoms with E-state index in [0.717, 1.165) is 0 Å². The van der Waals surface area contributed by atoms with E-state index in [1.54, 1.807) is 3.70 Å². The molecule has 0 bridgehead atoms. The van der Waals surface area contributed by atoms with Gasteiger partial charge in [-0.05, 0) is 26.7 Å². The molecule has 0 aromatic heterocycles. The van der Waals surface area contributed by atoms with Gasteiger partial charge in [-0.1, -0.05) is 23.6 Å². The molecule has 0 nitrogen and oxygen atoms in total. The smallest absolute Gasteiger partial charge is 0.336 e. The summed E-state index contributed by atoms with van der Waals surface area (Å²) in [6.07, 6.45) is 0. The Morgan fingerprint density at radius 1 is 1.18 bits per heavy atom. The summed E-state index contributed by atoms with van der Waals surface area (Å²) in [5.74, 6) is 0.638. The van der Waals surface area contributed by atoms with Gasteiger partial charge in [0.1, 0.15) is 0 Å². The summed E-state index contributed by atoms with van der Waals surface area (Å²) in [6, 6.07) is 0. The fourth-order valence-electron chi connectivity index (χ4n) is 1.66. The van der Waals surface area contributed by atoms with Crippen LogP contribution in [0.5, 0.6) is 0 Å². The van der Waals surface area contributed by atoms with Crippen LogP contribution in [0, 0.1) is 5.92 Å². The molecule has 0 aromatic rings. The molecular formula is C9H13ClMg. The highest BCUT2D eigenvalue weighted by molar-refractivity contribution is 6.98. The summed E-state index contributed by atoms with van der Waals surface area (Å²) in [5, 5.41) is 0. The van der Waals surface area contributed by atoms with Crippen LogP contribution in [0.1, 0.15) is 27.7 Å². The van der Waals surface area contributed by atoms with Crippen LogP contribution in [0.4, 0.5) is 0 Å². The summed E-state index contributed by atoms with van der Waals surface area (Å²) in [5.41, 5.74) is 4.46. The number of allylic oxidation sites excluding steroid dienone is 4. The second kappa shape index (κ2) is 3.50. The summed E-state index contributed by atoms with van der Waals surface area (Å²) >= 11 is -0.458. The minimum Gasteiger partial charge on any atom is -0.336 e. The fraction of sp³-hybridized carbons (Fsp3) is 0.556. The quantitative estimate of drug-likeness (QED) is 0.545. The molecule has 58 valence electrons. The highest BCUT2D eigenvalue weighted by Gasteiger charge is 2.22. The van der Waals surface area contributed by atoms with Gasteiger partial charge in [-0.15, -0.1) is 0 Å². The number of halogens is 1. The van der Waals surface area contributed by atoms with Crippen molar-refractivity contribution in [2.45, 2.75) is 27.7 Å². The second-order valence-corrected chi connectivity index (χ2v) is 5.14. The van der Waals surface area contributed by atoms with Crippen molar-refractivity contribution < 1.29 is 0 Å². The Morgan fingerprint density at radius 2 is 1.73 bits per heavy atom. The molecule has 0 aromatic carbocycles. The van der Waals surface area contributed by atoms with E-state index in [-0.39, 0.29) is 0 Å². The van der Waals surface area contributed by atoms with Crippen molar-refractivity contribution >= 4 is 28.3 Å². The number of hydrogen-bond donors (Lipinski definition) is 0. The van der Waals surface area contributed by atoms with E-state index < -0.39 is 19.3 Å². The van der Waals surface area contributed by atoms with Crippen molar-refractivity contribution in [3.8, 4) is 0 Å². The lowest BCUT2D eigenvalue weighted by Gasteiger charge is -2.08. The van der Waals surface area contributed by atoms with E-state index in [2.05, 4.69) is 27.7 Å². The van der Waals surface area contributed by atoms with Gasteiger partial charge in [0.15, 0.2) is 0 Å². The number of rotatable bonds is 1. The molecule has 0 radical (unpaired) electrons. The summed E-state index contributed by atoms with van der Waals surface area (Å²) in [4.78, 5) is 0. The third-order valence-corrected chi connectivity index (χ3v) is 5.25. The standard InChI is InChI=1S/C9H13.ClH.Mg/c1-6-5-7(2)9(4)8(6)3;;/h6H,1-4H3;1H;/q;;+1/p-1. The SMILES string of the molecule is CC1=C(C)C(C)[C]([Mg][Cl])=C1C. The van der Waals surface area contributed by atoms with E-state index >= 15 is 0 Å². The van der Waals surface area contributed by atoms with E-state index in [0.29, 0.717) is 5.92 Å². The lowest BCUT2D eigenvalue weighted by Crippen LogP contribution is -2.00. The monoisotopic (exact) mass is 180 g/mol. The van der Waals surface area contributed by atoms with Crippen molar-refractivity contribution in [2.75, 3.05) is 0 Å². The molecule has 1 aliphatic rings. The summed E-state index contributed by atoms with van der Waals surface area (Å²) < 4.78 is 1.54. The maximum atomic E-state index is 5.98. The van der Waals surface area contributed by atoms with Crippen molar-refractivity contribution in [3.63, 3.8) is 0 Å². The van der Waals surface area contributed by atoms with Crippen molar-refractivity contribution in [1.29, 1.82) is 0 Å². The van der Waals surface area contributed by atoms with Gasteiger partial charge >= 0.3 is 19.3 Å². The van der Waals surface area contributed by atoms with Gasteiger partial charge < -0.3 is 9.07 Å². The van der Waals surface area contributed by atoms with Gasteiger partial charge in [0.05, 0.1) is 0 Å². The molecule has 1 aliphatic carbocycles. The van der Waals surface area contributed by atoms with Gasteiger partial charge in [-0.2, -0.15) is 3.70 Å². The van der Waals surface area contributed by atoms with Crippen LogP contribution in [0.2, 0.25) is 0 Å². The third kappa shape index (κ3) is 1.51. The molecule has 0 amide bonds. The van der Waals surface area contributed by atoms with Gasteiger partial charge in [-0.3, -0.25) is 0 Å². The van der Waals surface area contributed by atoms with Crippen LogP contribution >= 0.6 is 9.07 Å². The molecule has 1 atom stereocenters. The zero-order chi connectivity index (χ0) is 8.59. The Labute approximate surface area is 82.2 Å². The first kappa shape index (κ1) is 9.62. The second-order valence-electron chi connectivity index (χ2n) is 3.31. The predicted molar refractivity (Wildman–Crippen MR) is 51.8 cm³/mol. The van der Waals surface area contributed by atoms with Crippen LogP contribution in [0.15, 0.2) is 20.4 Å². The van der Waals surface area contributed by atoms with Crippen LogP contribution in [0.25, 0.3) is 0 Å². The Hall–Kier alpha value is 0.536. The zero-order valence-electron chi connectivity index (χ0n) is 7.66. The minimum atomic E-state index is -0.458. The van der Waals surface area contributed by atoms with Crippen LogP contribution in [-0.4, -0.2) is 19.3 Å². The van der Waals surface area contributed by atoms with Gasteiger partial charge in [0.2, 0.25) is 0 Å². The Bertz CT molecular complexity index is 238. The highest BCUT2D eigenvalue weighted by atomic mass is 35.5. The average molecular weight is 181 g/mol. The van der Waals surface area contributed by atoms with E-state index in [4.69, 9.17) is 9.07 Å². The first-order valence-electron chi connectivity index (χ1n) is 4.03. The molecule has 0 saturated carbocycles. The summed E-state index contributed by atoms with van der Waals surface area (Å²) in [7, 11) is 5.98. The Balaban J connectivity index is 3.04. The normalized spacial score (nSPS) is 24.6. The molecule has 0 heterocycles. The molecule has 0 saturated heterocycles. The van der Waals surface area contributed by atoms with Gasteiger partial charge in [0, 0.05) is 0 Å². The molecular weight excluding hydrogens is 168 g/mol. The molecule has 1 unspecified atom stereocenters. The highest BCUT2D eigenvalue weighted by Crippen LogP contribution is 2.35. The Morgan fingerprint density at radius 3 is 1.91 bits per heavy atom. The topological polar surface area (TPSA) is 0 Å². The fourth-order valence-corrected chi connectivity index (χ4v) is 3.96. The first-order chi connectivity index (χ1) is 5.09. The lowest BCUT2D eigenvalue weighted by molar-refractivity contribution is 0.857. The maximum absolute atomic E-state index is 5.98. The molecule has 0 N–H and O–H groups in total. The van der Waals surface area contributed by atoms with Gasteiger partial charge in [0.25, 0.3) is 0 Å². The predicted octanol–water partition coefficient (Wildman–Crippen LogP) is 3.10. The third-order valence-electron chi connectivity index (χ3n) is 2.95. The first-order valence-corrected chi connectivity index (χ1v) is 6.87. The van der Waals surface area contributed by atoms with E-state index in [1.165, 1.54) is 16.7 Å². The van der Waals surface area contributed by atoms with Gasteiger partial charge in [-0.25, -0.2) is 0 Å². The minimum absolute atomic E-state index is 0.458. The van der Waals surface area contributed by atoms with E-state index in [9.17, 15) is 0 Å². The molecule has 2 heteroatoms. The lowest BCUT2D eigenvalue weighted by atomic mass is 10.1. The summed E-state index contributed by atoms with van der Waals surface area (Å²) in [6.45, 7) is 8.89. The largest absolute Gasteiger partial charge is 0.535 e. The van der Waals surface area contributed by atoms with Crippen molar-refractivity contribution in [1.82, 2.24) is 0 Å². The van der Waals surface area contributed by atoms with Crippen LogP contribution in [-0.2, 0) is 0 Å². The molecule has 11 heavy (non-hydrogen) atoms. The van der Waals surface area contributed by atoms with Crippen molar-refractivity contribution in [3.05, 3.63) is 20.4 Å². The van der Waals surface area contributed by atoms with E-state index in [1.807, 2.05) is 0 Å². The van der Waals surface area contributed by atoms with Crippen molar-refractivity contribution in [2.24, 2.45) is 5.92 Å². The zero-order valence-corrected chi connectivity index (χ0v) is 9.83. The maximum Gasteiger partial charge on any atom is 0.535 e. The molecule has 0 spiro atoms. The molecule has 1 rings (SSSR count). The molecule has 0 aliphatic heterocycles. The average Bonchev–Trinajstić information content (AvgIpc) is 2.17. The van der Waals surface area contributed by atoms with Crippen LogP contribution < -0.4 is 0 Å². The molecule has 0 fully saturated rings. The number of hydrogen-bond acceptors (Lipinski definition) is 0.